The SMILES string of the molecule is C=C(N)C(C)(C)CCC(C)=O. The van der Waals surface area contributed by atoms with Crippen molar-refractivity contribution in [1.29, 1.82) is 0 Å². The van der Waals surface area contributed by atoms with Crippen molar-refractivity contribution in [2.45, 2.75) is 33.6 Å². The van der Waals surface area contributed by atoms with E-state index in [2.05, 4.69) is 6.58 Å². The summed E-state index contributed by atoms with van der Waals surface area (Å²) in [6, 6.07) is 0. The van der Waals surface area contributed by atoms with Crippen LogP contribution in [0.4, 0.5) is 0 Å². The van der Waals surface area contributed by atoms with Gasteiger partial charge in [-0.15, -0.1) is 0 Å². The summed E-state index contributed by atoms with van der Waals surface area (Å²) in [7, 11) is 0. The number of Topliss-reactive ketones (excluding diaryl/α,β-unsaturated/α-hetero) is 1. The molecule has 64 valence electrons. The number of nitrogens with two attached hydrogens (primary N) is 1. The highest BCUT2D eigenvalue weighted by molar-refractivity contribution is 5.75. The molecule has 0 atom stereocenters. The molecule has 0 saturated carbocycles. The molecule has 0 radical (unpaired) electrons. The number of hydrogen-bond acceptors (Lipinski definition) is 2. The second kappa shape index (κ2) is 3.56. The van der Waals surface area contributed by atoms with Gasteiger partial charge in [0.2, 0.25) is 0 Å². The number of ketones is 1. The van der Waals surface area contributed by atoms with Crippen molar-refractivity contribution in [3.05, 3.63) is 12.3 Å². The fraction of sp³-hybridized carbons (Fsp3) is 0.667. The number of hydrogen-bond donors (Lipinski definition) is 1. The van der Waals surface area contributed by atoms with E-state index in [1.807, 2.05) is 13.8 Å². The average Bonchev–Trinajstić information content (AvgIpc) is 1.84. The molecule has 0 heterocycles. The molecule has 0 aromatic carbocycles. The molecule has 0 rings (SSSR count). The van der Waals surface area contributed by atoms with E-state index in [9.17, 15) is 4.79 Å². The van der Waals surface area contributed by atoms with E-state index in [-0.39, 0.29) is 11.2 Å². The zero-order valence-corrected chi connectivity index (χ0v) is 7.61. The first kappa shape index (κ1) is 10.2. The van der Waals surface area contributed by atoms with Crippen LogP contribution in [-0.4, -0.2) is 5.78 Å². The summed E-state index contributed by atoms with van der Waals surface area (Å²) in [6.45, 7) is 9.26. The third-order valence-corrected chi connectivity index (χ3v) is 1.97. The van der Waals surface area contributed by atoms with Gasteiger partial charge in [0.25, 0.3) is 0 Å². The Morgan fingerprint density at radius 3 is 2.27 bits per heavy atom. The molecule has 11 heavy (non-hydrogen) atoms. The highest BCUT2D eigenvalue weighted by Crippen LogP contribution is 2.26. The van der Waals surface area contributed by atoms with Crippen LogP contribution in [0.15, 0.2) is 12.3 Å². The average molecular weight is 155 g/mol. The van der Waals surface area contributed by atoms with Crippen LogP contribution >= 0.6 is 0 Å². The molecule has 2 nitrogen and oxygen atoms in total. The minimum atomic E-state index is -0.105. The molecule has 0 unspecified atom stereocenters. The second-order valence-electron chi connectivity index (χ2n) is 3.61. The second-order valence-corrected chi connectivity index (χ2v) is 3.61. The first-order valence-corrected chi connectivity index (χ1v) is 3.80. The minimum Gasteiger partial charge on any atom is -0.402 e. The van der Waals surface area contributed by atoms with Crippen molar-refractivity contribution in [3.63, 3.8) is 0 Å². The maximum absolute atomic E-state index is 10.6. The summed E-state index contributed by atoms with van der Waals surface area (Å²) in [5, 5.41) is 0. The summed E-state index contributed by atoms with van der Waals surface area (Å²) in [5.41, 5.74) is 6.10. The Bertz CT molecular complexity index is 170. The van der Waals surface area contributed by atoms with Crippen LogP contribution in [0, 0.1) is 5.41 Å². The van der Waals surface area contributed by atoms with Crippen LogP contribution in [-0.2, 0) is 4.79 Å². The maximum atomic E-state index is 10.6. The molecule has 0 aromatic heterocycles. The van der Waals surface area contributed by atoms with E-state index < -0.39 is 0 Å². The van der Waals surface area contributed by atoms with Crippen LogP contribution in [0.1, 0.15) is 33.6 Å². The molecule has 2 heteroatoms. The van der Waals surface area contributed by atoms with Crippen molar-refractivity contribution >= 4 is 5.78 Å². The molecule has 0 fully saturated rings. The lowest BCUT2D eigenvalue weighted by Crippen LogP contribution is -2.20. The van der Waals surface area contributed by atoms with Crippen LogP contribution < -0.4 is 5.73 Å². The molecule has 0 saturated heterocycles. The number of allylic oxidation sites excluding steroid dienone is 1. The lowest BCUT2D eigenvalue weighted by atomic mass is 9.84. The monoisotopic (exact) mass is 155 g/mol. The molecule has 0 spiro atoms. The molecule has 0 amide bonds. The fourth-order valence-corrected chi connectivity index (χ4v) is 0.649. The van der Waals surface area contributed by atoms with Crippen LogP contribution in [0.25, 0.3) is 0 Å². The highest BCUT2D eigenvalue weighted by atomic mass is 16.1. The first-order chi connectivity index (χ1) is 4.86. The summed E-state index contributed by atoms with van der Waals surface area (Å²) in [4.78, 5) is 10.6. The van der Waals surface area contributed by atoms with Crippen molar-refractivity contribution in [1.82, 2.24) is 0 Å². The van der Waals surface area contributed by atoms with E-state index in [0.717, 1.165) is 6.42 Å². The Morgan fingerprint density at radius 2 is 2.00 bits per heavy atom. The smallest absolute Gasteiger partial charge is 0.129 e. The zero-order chi connectivity index (χ0) is 9.07. The van der Waals surface area contributed by atoms with E-state index in [1.54, 1.807) is 6.92 Å². The predicted molar refractivity (Wildman–Crippen MR) is 47.0 cm³/mol. The molecule has 0 bridgehead atoms. The predicted octanol–water partition coefficient (Wildman–Crippen LogP) is 1.85. The lowest BCUT2D eigenvalue weighted by Gasteiger charge is -2.23. The van der Waals surface area contributed by atoms with Crippen molar-refractivity contribution < 1.29 is 4.79 Å². The van der Waals surface area contributed by atoms with E-state index in [1.165, 1.54) is 0 Å². The van der Waals surface area contributed by atoms with Gasteiger partial charge in [0, 0.05) is 17.5 Å². The van der Waals surface area contributed by atoms with Crippen LogP contribution in [0.2, 0.25) is 0 Å². The molecular weight excluding hydrogens is 138 g/mol. The lowest BCUT2D eigenvalue weighted by molar-refractivity contribution is -0.117. The summed E-state index contributed by atoms with van der Waals surface area (Å²) in [6.07, 6.45) is 1.38. The topological polar surface area (TPSA) is 43.1 Å². The van der Waals surface area contributed by atoms with Gasteiger partial charge in [-0.05, 0) is 13.3 Å². The Labute approximate surface area is 68.5 Å². The van der Waals surface area contributed by atoms with Gasteiger partial charge in [0.15, 0.2) is 0 Å². The molecule has 0 aromatic rings. The van der Waals surface area contributed by atoms with Gasteiger partial charge in [-0.2, -0.15) is 0 Å². The van der Waals surface area contributed by atoms with E-state index >= 15 is 0 Å². The van der Waals surface area contributed by atoms with E-state index in [4.69, 9.17) is 5.73 Å². The van der Waals surface area contributed by atoms with Gasteiger partial charge < -0.3 is 10.5 Å². The summed E-state index contributed by atoms with van der Waals surface area (Å²) < 4.78 is 0. The largest absolute Gasteiger partial charge is 0.402 e. The van der Waals surface area contributed by atoms with Crippen molar-refractivity contribution in [2.75, 3.05) is 0 Å². The maximum Gasteiger partial charge on any atom is 0.129 e. The zero-order valence-electron chi connectivity index (χ0n) is 7.61. The summed E-state index contributed by atoms with van der Waals surface area (Å²) >= 11 is 0. The third kappa shape index (κ3) is 3.81. The Balaban J connectivity index is 3.92. The normalized spacial score (nSPS) is 11.2. The minimum absolute atomic E-state index is 0.105. The van der Waals surface area contributed by atoms with Gasteiger partial charge in [-0.25, -0.2) is 0 Å². The van der Waals surface area contributed by atoms with Crippen LogP contribution in [0.5, 0.6) is 0 Å². The van der Waals surface area contributed by atoms with Crippen molar-refractivity contribution in [2.24, 2.45) is 11.1 Å². The quantitative estimate of drug-likeness (QED) is 0.673. The standard InChI is InChI=1S/C9H17NO/c1-7(11)5-6-9(3,4)8(2)10/h2,5-6,10H2,1,3-4H3. The highest BCUT2D eigenvalue weighted by Gasteiger charge is 2.19. The van der Waals surface area contributed by atoms with Gasteiger partial charge in [0.1, 0.15) is 5.78 Å². The first-order valence-electron chi connectivity index (χ1n) is 3.80. The molecule has 0 aliphatic carbocycles. The van der Waals surface area contributed by atoms with E-state index in [0.29, 0.717) is 12.1 Å². The number of carbonyl (C=O) groups excluding carboxylic acids is 1. The summed E-state index contributed by atoms with van der Waals surface area (Å²) in [5.74, 6) is 0.208. The van der Waals surface area contributed by atoms with Gasteiger partial charge in [-0.3, -0.25) is 0 Å². The Hall–Kier alpha value is -0.790. The Morgan fingerprint density at radius 1 is 1.55 bits per heavy atom. The fourth-order valence-electron chi connectivity index (χ4n) is 0.649. The van der Waals surface area contributed by atoms with Gasteiger partial charge >= 0.3 is 0 Å². The Kier molecular flexibility index (Phi) is 3.30. The van der Waals surface area contributed by atoms with Crippen LogP contribution in [0.3, 0.4) is 0 Å². The third-order valence-electron chi connectivity index (χ3n) is 1.97. The molecule has 2 N–H and O–H groups in total. The molecular formula is C9H17NO. The number of rotatable bonds is 4. The van der Waals surface area contributed by atoms with Crippen molar-refractivity contribution in [3.8, 4) is 0 Å². The van der Waals surface area contributed by atoms with Gasteiger partial charge in [-0.1, -0.05) is 20.4 Å². The molecule has 0 aliphatic heterocycles. The number of carbonyl (C=O) groups is 1. The van der Waals surface area contributed by atoms with Gasteiger partial charge in [0.05, 0.1) is 0 Å². The molecule has 0 aliphatic rings.